The van der Waals surface area contributed by atoms with Crippen molar-refractivity contribution in [3.63, 3.8) is 0 Å². The van der Waals surface area contributed by atoms with E-state index in [-0.39, 0.29) is 32.1 Å². The van der Waals surface area contributed by atoms with Gasteiger partial charge in [-0.3, -0.25) is 19.3 Å². The Morgan fingerprint density at radius 1 is 1.17 bits per heavy atom. The van der Waals surface area contributed by atoms with E-state index in [0.29, 0.717) is 6.54 Å². The summed E-state index contributed by atoms with van der Waals surface area (Å²) in [6.07, 6.45) is 0.948. The molecular weight excluding hydrogens is 587 g/mol. The number of carbonyl (C=O) groups excluding carboxylic acids is 2. The van der Waals surface area contributed by atoms with Crippen LogP contribution in [0.5, 0.6) is 0 Å². The highest BCUT2D eigenvalue weighted by Gasteiger charge is 2.74. The van der Waals surface area contributed by atoms with E-state index in [0.717, 1.165) is 24.0 Å². The first-order valence-corrected chi connectivity index (χ1v) is 14.8. The van der Waals surface area contributed by atoms with Gasteiger partial charge in [0.25, 0.3) is 11.8 Å². The molecule has 2 aromatic carbocycles. The Morgan fingerprint density at radius 2 is 1.86 bits per heavy atom. The van der Waals surface area contributed by atoms with E-state index in [1.807, 2.05) is 12.1 Å². The number of rotatable bonds is 5. The van der Waals surface area contributed by atoms with Gasteiger partial charge < -0.3 is 15.3 Å². The normalized spacial score (nSPS) is 28.9. The predicted octanol–water partition coefficient (Wildman–Crippen LogP) is 5.67. The average Bonchev–Trinajstić information content (AvgIpc) is 3.42. The van der Waals surface area contributed by atoms with Gasteiger partial charge in [0.15, 0.2) is 0 Å². The van der Waals surface area contributed by atoms with Crippen LogP contribution in [0.25, 0.3) is 0 Å². The number of anilines is 1. The number of carboxylic acids is 1. The molecule has 7 nitrogen and oxygen atoms in total. The summed E-state index contributed by atoms with van der Waals surface area (Å²) in [7, 11) is 1.59. The van der Waals surface area contributed by atoms with Crippen LogP contribution < -0.4 is 5.32 Å². The summed E-state index contributed by atoms with van der Waals surface area (Å²) in [6.45, 7) is 5.83. The molecule has 1 aliphatic carbocycles. The number of nitrogens with one attached hydrogen (secondary N) is 1. The third-order valence-electron chi connectivity index (χ3n) is 9.70. The molecule has 0 bridgehead atoms. The predicted molar refractivity (Wildman–Crippen MR) is 155 cm³/mol. The SMILES string of the molecule is CN(CC1(c2cccc(C(C)(C)C)c2)CC1)C(=O)[C@@H]1C(C(=O)O)[C@@]2(C(=O)Nc3c(Cl)cc(Cl)cc32)N2CC(F)(F)C[C@H]12. The molecule has 0 radical (unpaired) electrons. The maximum Gasteiger partial charge on any atom is 0.310 e. The fourth-order valence-electron chi connectivity index (χ4n) is 7.57. The van der Waals surface area contributed by atoms with Gasteiger partial charge in [0.1, 0.15) is 11.5 Å². The van der Waals surface area contributed by atoms with Gasteiger partial charge in [-0.1, -0.05) is 68.2 Å². The number of fused-ring (bicyclic) bond motifs is 4. The molecule has 4 aliphatic rings. The molecule has 3 fully saturated rings. The number of hydrogen-bond donors (Lipinski definition) is 2. The maximum absolute atomic E-state index is 15.1. The first-order valence-electron chi connectivity index (χ1n) is 14.1. The highest BCUT2D eigenvalue weighted by Crippen LogP contribution is 2.61. The summed E-state index contributed by atoms with van der Waals surface area (Å²) in [5.74, 6) is -9.05. The van der Waals surface area contributed by atoms with E-state index in [4.69, 9.17) is 23.2 Å². The van der Waals surface area contributed by atoms with Crippen LogP contribution in [0.1, 0.15) is 56.7 Å². The van der Waals surface area contributed by atoms with Crippen LogP contribution >= 0.6 is 23.2 Å². The zero-order chi connectivity index (χ0) is 30.6. The van der Waals surface area contributed by atoms with E-state index in [1.165, 1.54) is 21.9 Å². The summed E-state index contributed by atoms with van der Waals surface area (Å²) < 4.78 is 30.1. The highest BCUT2D eigenvalue weighted by molar-refractivity contribution is 6.38. The van der Waals surface area contributed by atoms with Crippen molar-refractivity contribution in [3.8, 4) is 0 Å². The van der Waals surface area contributed by atoms with Crippen molar-refractivity contribution in [1.29, 1.82) is 0 Å². The smallest absolute Gasteiger partial charge is 0.310 e. The fourth-order valence-corrected chi connectivity index (χ4v) is 8.11. The van der Waals surface area contributed by atoms with Crippen molar-refractivity contribution in [2.24, 2.45) is 11.8 Å². The molecule has 6 rings (SSSR count). The third kappa shape index (κ3) is 4.26. The molecule has 2 saturated heterocycles. The number of amides is 2. The minimum absolute atomic E-state index is 0.0643. The molecular formula is C31H33Cl2F2N3O4. The molecule has 1 unspecified atom stereocenters. The van der Waals surface area contributed by atoms with Crippen LogP contribution in [0.15, 0.2) is 36.4 Å². The lowest BCUT2D eigenvalue weighted by atomic mass is 9.73. The Morgan fingerprint density at radius 3 is 2.48 bits per heavy atom. The Bertz CT molecular complexity index is 1520. The van der Waals surface area contributed by atoms with E-state index in [9.17, 15) is 19.5 Å². The Balaban J connectivity index is 1.40. The largest absolute Gasteiger partial charge is 0.481 e. The van der Waals surface area contributed by atoms with Gasteiger partial charge in [-0.2, -0.15) is 0 Å². The molecule has 4 atom stereocenters. The average molecular weight is 621 g/mol. The zero-order valence-corrected chi connectivity index (χ0v) is 25.3. The number of likely N-dealkylation sites (N-methyl/N-ethyl adjacent to an activating group) is 1. The molecule has 11 heteroatoms. The number of carboxylic acid groups (broad SMARTS) is 1. The zero-order valence-electron chi connectivity index (χ0n) is 23.8. The highest BCUT2D eigenvalue weighted by atomic mass is 35.5. The minimum atomic E-state index is -3.23. The quantitative estimate of drug-likeness (QED) is 0.450. The maximum atomic E-state index is 15.1. The second-order valence-corrected chi connectivity index (χ2v) is 14.3. The van der Waals surface area contributed by atoms with Crippen molar-refractivity contribution in [1.82, 2.24) is 9.80 Å². The van der Waals surface area contributed by atoms with E-state index < -0.39 is 60.1 Å². The van der Waals surface area contributed by atoms with Crippen LogP contribution in [0.2, 0.25) is 10.0 Å². The summed E-state index contributed by atoms with van der Waals surface area (Å²) in [6, 6.07) is 9.88. The monoisotopic (exact) mass is 619 g/mol. The van der Waals surface area contributed by atoms with Crippen LogP contribution in [-0.2, 0) is 30.8 Å². The van der Waals surface area contributed by atoms with Gasteiger partial charge in [0.05, 0.1) is 23.2 Å². The number of aliphatic carboxylic acids is 1. The Hall–Kier alpha value is -2.75. The number of alkyl halides is 2. The van der Waals surface area contributed by atoms with Gasteiger partial charge in [-0.15, -0.1) is 0 Å². The second kappa shape index (κ2) is 9.37. The van der Waals surface area contributed by atoms with Crippen LogP contribution in [-0.4, -0.2) is 64.8 Å². The van der Waals surface area contributed by atoms with E-state index in [2.05, 4.69) is 38.2 Å². The molecule has 3 heterocycles. The molecule has 42 heavy (non-hydrogen) atoms. The van der Waals surface area contributed by atoms with Crippen molar-refractivity contribution in [2.75, 3.05) is 25.5 Å². The molecule has 1 saturated carbocycles. The van der Waals surface area contributed by atoms with Gasteiger partial charge >= 0.3 is 5.97 Å². The lowest BCUT2D eigenvalue weighted by Crippen LogP contribution is -2.54. The summed E-state index contributed by atoms with van der Waals surface area (Å²) >= 11 is 12.6. The van der Waals surface area contributed by atoms with Crippen LogP contribution in [0, 0.1) is 11.8 Å². The van der Waals surface area contributed by atoms with Gasteiger partial charge in [-0.05, 0) is 41.5 Å². The number of nitrogens with zero attached hydrogens (tertiary/aromatic N) is 2. The number of carbonyl (C=O) groups is 3. The summed E-state index contributed by atoms with van der Waals surface area (Å²) in [5.41, 5.74) is 0.0460. The van der Waals surface area contributed by atoms with Crippen LogP contribution in [0.3, 0.4) is 0 Å². The molecule has 3 aliphatic heterocycles. The van der Waals surface area contributed by atoms with Gasteiger partial charge in [0, 0.05) is 42.1 Å². The fraction of sp³-hybridized carbons (Fsp3) is 0.516. The first-order chi connectivity index (χ1) is 19.5. The second-order valence-electron chi connectivity index (χ2n) is 13.4. The molecule has 2 amide bonds. The standard InChI is InChI=1S/C31H33Cl2F2N3O4/c1-28(2,3)16-6-5-7-17(10-16)29(8-9-29)14-37(4)25(39)22-21-13-30(34,35)15-38(21)31(23(22)26(40)41)19-11-18(32)12-20(33)24(19)36-27(31)42/h5-7,10-12,21-23H,8-9,13-15H2,1-4H3,(H,36,42)(H,40,41)/t21-,22+,23?,31+/m1/s1. The molecule has 1 spiro atoms. The summed E-state index contributed by atoms with van der Waals surface area (Å²) in [4.78, 5) is 43.8. The Labute approximate surface area is 253 Å². The van der Waals surface area contributed by atoms with Crippen LogP contribution in [0.4, 0.5) is 14.5 Å². The number of halogens is 4. The van der Waals surface area contributed by atoms with Crippen molar-refractivity contribution in [3.05, 3.63) is 63.1 Å². The van der Waals surface area contributed by atoms with E-state index in [1.54, 1.807) is 7.05 Å². The van der Waals surface area contributed by atoms with Crippen molar-refractivity contribution >= 4 is 46.7 Å². The molecule has 2 aromatic rings. The van der Waals surface area contributed by atoms with Gasteiger partial charge in [-0.25, -0.2) is 8.78 Å². The molecule has 2 N–H and O–H groups in total. The molecule has 224 valence electrons. The topological polar surface area (TPSA) is 90.0 Å². The number of benzene rings is 2. The minimum Gasteiger partial charge on any atom is -0.481 e. The van der Waals surface area contributed by atoms with Crippen molar-refractivity contribution < 1.29 is 28.3 Å². The summed E-state index contributed by atoms with van der Waals surface area (Å²) in [5, 5.41) is 13.4. The van der Waals surface area contributed by atoms with E-state index >= 15 is 8.78 Å². The lowest BCUT2D eigenvalue weighted by Gasteiger charge is -2.36. The van der Waals surface area contributed by atoms with Crippen molar-refractivity contribution in [2.45, 2.75) is 68.4 Å². The third-order valence-corrected chi connectivity index (χ3v) is 10.2. The molecule has 0 aromatic heterocycles. The first kappa shape index (κ1) is 29.3. The van der Waals surface area contributed by atoms with Gasteiger partial charge in [0.2, 0.25) is 5.91 Å². The Kier molecular flexibility index (Phi) is 6.54. The number of hydrogen-bond acceptors (Lipinski definition) is 4. The lowest BCUT2D eigenvalue weighted by molar-refractivity contribution is -0.155.